The van der Waals surface area contributed by atoms with Gasteiger partial charge in [-0.3, -0.25) is 0 Å². The molecular formula is C79H67BN2O. The van der Waals surface area contributed by atoms with E-state index in [4.69, 9.17) is 14.3 Å². The molecule has 3 aliphatic heterocycles. The largest absolute Gasteiger partial charge is 0.457 e. The lowest BCUT2D eigenvalue weighted by molar-refractivity contribution is 0.435. The number of benzene rings is 11. The van der Waals surface area contributed by atoms with Crippen LogP contribution < -0.4 is 26.0 Å². The van der Waals surface area contributed by atoms with Crippen LogP contribution in [0.5, 0.6) is 11.5 Å². The fourth-order valence-electron chi connectivity index (χ4n) is 13.4. The van der Waals surface area contributed by atoms with Gasteiger partial charge in [-0.15, -0.1) is 0 Å². The number of para-hydroxylation sites is 4. The van der Waals surface area contributed by atoms with E-state index < -0.39 is 78.6 Å². The summed E-state index contributed by atoms with van der Waals surface area (Å²) >= 11 is 0. The maximum absolute atomic E-state index is 9.69. The van der Waals surface area contributed by atoms with Gasteiger partial charge in [0.2, 0.25) is 6.71 Å². The molecule has 0 amide bonds. The SMILES string of the molecule is [2H]c1c([2H])c([2H])c(-c2ccc3c(c2)N(c2ccc(C(C)(C)C)cc2-c2ccccc2)c2cc(-c4cc(C(C)(C)C)cc(C(C)(C)C)c4)cc4c2B3c2ccc(-n3c5c([2H])c([2H])c([2H])c([2H])c5c5c([2H])c([2H])c([2H])c([2H])c53)cc2C42c3ccccc3Oc3ccccc32)c([2H])c1[2H]. The van der Waals surface area contributed by atoms with E-state index in [-0.39, 0.29) is 55.7 Å². The molecule has 3 aliphatic rings. The fraction of sp³-hybridized carbons (Fsp3) is 0.165. The van der Waals surface area contributed by atoms with Crippen LogP contribution in [0, 0.1) is 0 Å². The number of rotatable bonds is 5. The first kappa shape index (κ1) is 38.6. The van der Waals surface area contributed by atoms with E-state index in [1.54, 1.807) is 4.57 Å². The maximum Gasteiger partial charge on any atom is 0.247 e. The van der Waals surface area contributed by atoms with Crippen molar-refractivity contribution in [1.82, 2.24) is 4.57 Å². The molecule has 0 aliphatic carbocycles. The molecule has 4 heteroatoms. The molecule has 0 N–H and O–H groups in total. The third-order valence-corrected chi connectivity index (χ3v) is 17.5. The van der Waals surface area contributed by atoms with Crippen molar-refractivity contribution in [2.75, 3.05) is 4.90 Å². The third-order valence-electron chi connectivity index (χ3n) is 17.5. The first-order valence-electron chi connectivity index (χ1n) is 35.0. The van der Waals surface area contributed by atoms with Gasteiger partial charge in [-0.05, 0) is 149 Å². The Balaban J connectivity index is 1.18. The van der Waals surface area contributed by atoms with Gasteiger partial charge < -0.3 is 14.2 Å². The molecule has 0 bridgehead atoms. The highest BCUT2D eigenvalue weighted by Crippen LogP contribution is 2.58. The molecule has 0 atom stereocenters. The predicted molar refractivity (Wildman–Crippen MR) is 351 cm³/mol. The molecule has 0 unspecified atom stereocenters. The van der Waals surface area contributed by atoms with Gasteiger partial charge in [0.15, 0.2) is 0 Å². The zero-order valence-electron chi connectivity index (χ0n) is 61.0. The first-order chi connectivity index (χ1) is 45.4. The van der Waals surface area contributed by atoms with Crippen LogP contribution in [-0.2, 0) is 21.7 Å². The Labute approximate surface area is 507 Å². The van der Waals surface area contributed by atoms with Crippen LogP contribution in [0.3, 0.4) is 0 Å². The molecule has 0 fully saturated rings. The fourth-order valence-corrected chi connectivity index (χ4v) is 13.4. The van der Waals surface area contributed by atoms with E-state index in [0.29, 0.717) is 28.4 Å². The lowest BCUT2D eigenvalue weighted by Crippen LogP contribution is -2.65. The minimum Gasteiger partial charge on any atom is -0.457 e. The molecule has 15 rings (SSSR count). The highest BCUT2D eigenvalue weighted by atomic mass is 16.5. The molecule has 4 heterocycles. The van der Waals surface area contributed by atoms with Crippen molar-refractivity contribution in [2.24, 2.45) is 0 Å². The minimum absolute atomic E-state index is 0.00975. The van der Waals surface area contributed by atoms with Gasteiger partial charge in [0.1, 0.15) is 11.5 Å². The second-order valence-electron chi connectivity index (χ2n) is 25.5. The van der Waals surface area contributed by atoms with Crippen LogP contribution in [0.15, 0.2) is 242 Å². The standard InChI is InChI=1S/C79H67BN2O/c1-76(2,3)55-37-41-70(61(48-55)51-26-14-11-15-27-51)82-71-45-52(50-24-12-10-13-25-50)36-39-67(71)80-66-40-38-58(81-68-32-20-16-28-59(68)60-29-17-21-33-69(60)81)49-64(66)79(62-30-18-22-34-73(62)83-74-35-23-19-31-63(74)79)65-44-54(46-72(82)75(65)80)53-42-56(77(4,5)6)47-57(43-53)78(7,8)9/h10-49H,1-9H3/i10D,12D,13D,16D,17D,20D,21D,24D,25D,28D,29D,32D,33D. The van der Waals surface area contributed by atoms with Crippen molar-refractivity contribution in [3.63, 3.8) is 0 Å². The van der Waals surface area contributed by atoms with Crippen molar-refractivity contribution in [3.05, 3.63) is 281 Å². The van der Waals surface area contributed by atoms with Gasteiger partial charge in [-0.1, -0.05) is 243 Å². The highest BCUT2D eigenvalue weighted by molar-refractivity contribution is 6.99. The normalized spacial score (nSPS) is 16.2. The first-order valence-corrected chi connectivity index (χ1v) is 28.5. The Bertz CT molecular complexity index is 5220. The Morgan fingerprint density at radius 3 is 1.60 bits per heavy atom. The number of fused-ring (bicyclic) bond motifs is 13. The average Bonchev–Trinajstić information content (AvgIpc) is 0.719. The summed E-state index contributed by atoms with van der Waals surface area (Å²) in [5, 5.41) is -0.0730. The van der Waals surface area contributed by atoms with Crippen molar-refractivity contribution in [3.8, 4) is 50.6 Å². The molecule has 0 saturated carbocycles. The Hall–Kier alpha value is -9.12. The van der Waals surface area contributed by atoms with E-state index in [1.165, 1.54) is 0 Å². The predicted octanol–water partition coefficient (Wildman–Crippen LogP) is 18.8. The summed E-state index contributed by atoms with van der Waals surface area (Å²) in [6, 6.07) is 50.5. The molecule has 11 aromatic carbocycles. The van der Waals surface area contributed by atoms with Crippen LogP contribution in [-0.4, -0.2) is 11.3 Å². The molecule has 12 aromatic rings. The second kappa shape index (κ2) is 18.4. The van der Waals surface area contributed by atoms with Gasteiger partial charge in [-0.2, -0.15) is 0 Å². The molecule has 0 radical (unpaired) electrons. The molecule has 1 aromatic heterocycles. The number of nitrogens with zero attached hydrogens (tertiary/aromatic N) is 2. The number of aromatic nitrogens is 1. The summed E-state index contributed by atoms with van der Waals surface area (Å²) in [5.41, 5.74) is 14.0. The van der Waals surface area contributed by atoms with Crippen LogP contribution in [0.1, 0.15) is 119 Å². The zero-order chi connectivity index (χ0) is 68.0. The number of ether oxygens (including phenoxy) is 1. The quantitative estimate of drug-likeness (QED) is 0.160. The van der Waals surface area contributed by atoms with E-state index in [9.17, 15) is 8.22 Å². The van der Waals surface area contributed by atoms with E-state index >= 15 is 0 Å². The smallest absolute Gasteiger partial charge is 0.247 e. The van der Waals surface area contributed by atoms with Crippen molar-refractivity contribution < 1.29 is 22.6 Å². The van der Waals surface area contributed by atoms with E-state index in [0.717, 1.165) is 89.0 Å². The van der Waals surface area contributed by atoms with Crippen LogP contribution >= 0.6 is 0 Å². The zero-order valence-corrected chi connectivity index (χ0v) is 48.0. The van der Waals surface area contributed by atoms with Crippen LogP contribution in [0.2, 0.25) is 0 Å². The molecule has 0 saturated heterocycles. The van der Waals surface area contributed by atoms with E-state index in [1.807, 2.05) is 91.0 Å². The van der Waals surface area contributed by atoms with E-state index in [2.05, 4.69) is 140 Å². The summed E-state index contributed by atoms with van der Waals surface area (Å²) in [5.74, 6) is 1.19. The molecule has 1 spiro atoms. The lowest BCUT2D eigenvalue weighted by Gasteiger charge is -2.50. The highest BCUT2D eigenvalue weighted by Gasteiger charge is 2.55. The van der Waals surface area contributed by atoms with Crippen LogP contribution in [0.4, 0.5) is 17.1 Å². The number of hydrogen-bond donors (Lipinski definition) is 0. The summed E-state index contributed by atoms with van der Waals surface area (Å²) in [7, 11) is 0. The summed E-state index contributed by atoms with van der Waals surface area (Å²) in [6.45, 7) is 19.3. The monoisotopic (exact) mass is 1080 g/mol. The molecular weight excluding hydrogens is 1000 g/mol. The van der Waals surface area contributed by atoms with Gasteiger partial charge in [0.05, 0.1) is 40.0 Å². The topological polar surface area (TPSA) is 17.4 Å². The molecule has 83 heavy (non-hydrogen) atoms. The Morgan fingerprint density at radius 1 is 0.398 bits per heavy atom. The lowest BCUT2D eigenvalue weighted by atomic mass is 9.29. The number of anilines is 3. The summed E-state index contributed by atoms with van der Waals surface area (Å²) in [6.07, 6.45) is 0. The third kappa shape index (κ3) is 7.86. The second-order valence-corrected chi connectivity index (χ2v) is 25.5. The summed E-state index contributed by atoms with van der Waals surface area (Å²) < 4.78 is 129. The average molecular weight is 1080 g/mol. The molecule has 3 nitrogen and oxygen atoms in total. The maximum atomic E-state index is 9.69. The summed E-state index contributed by atoms with van der Waals surface area (Å²) in [4.78, 5) is 2.32. The van der Waals surface area contributed by atoms with Crippen molar-refractivity contribution >= 4 is 62.0 Å². The molecule has 402 valence electrons. The minimum atomic E-state index is -1.31. The van der Waals surface area contributed by atoms with Gasteiger partial charge in [0, 0.05) is 44.5 Å². The van der Waals surface area contributed by atoms with Crippen molar-refractivity contribution in [2.45, 2.75) is 84.0 Å². The van der Waals surface area contributed by atoms with Gasteiger partial charge in [0.25, 0.3) is 0 Å². The van der Waals surface area contributed by atoms with Gasteiger partial charge in [-0.25, -0.2) is 0 Å². The Kier molecular flexibility index (Phi) is 8.57. The van der Waals surface area contributed by atoms with Crippen LogP contribution in [0.25, 0.3) is 60.9 Å². The van der Waals surface area contributed by atoms with Gasteiger partial charge >= 0.3 is 0 Å². The Morgan fingerprint density at radius 2 is 0.964 bits per heavy atom. The van der Waals surface area contributed by atoms with Crippen molar-refractivity contribution in [1.29, 1.82) is 0 Å². The number of hydrogen-bond acceptors (Lipinski definition) is 2.